The summed E-state index contributed by atoms with van der Waals surface area (Å²) in [5.74, 6) is 1.96. The number of benzene rings is 2. The molecule has 28 heavy (non-hydrogen) atoms. The van der Waals surface area contributed by atoms with Gasteiger partial charge in [0.2, 0.25) is 11.9 Å². The number of nitrogens with two attached hydrogens (primary N) is 3. The van der Waals surface area contributed by atoms with Gasteiger partial charge in [0.25, 0.3) is 0 Å². The Hall–Kier alpha value is -3.13. The molecule has 0 spiro atoms. The molecule has 8 nitrogen and oxygen atoms in total. The maximum Gasteiger partial charge on any atom is 0.220 e. The zero-order valence-electron chi connectivity index (χ0n) is 15.8. The molecule has 9 heteroatoms. The normalized spacial score (nSPS) is 15.1. The van der Waals surface area contributed by atoms with E-state index in [0.717, 1.165) is 17.2 Å². The van der Waals surface area contributed by atoms with Crippen LogP contribution in [0.5, 0.6) is 11.5 Å². The van der Waals surface area contributed by atoms with E-state index in [2.05, 4.69) is 9.98 Å². The van der Waals surface area contributed by atoms with E-state index in [0.29, 0.717) is 24.9 Å². The van der Waals surface area contributed by atoms with E-state index in [-0.39, 0.29) is 18.4 Å². The third-order valence-corrected chi connectivity index (χ3v) is 3.99. The van der Waals surface area contributed by atoms with Crippen LogP contribution >= 0.6 is 12.4 Å². The van der Waals surface area contributed by atoms with Crippen molar-refractivity contribution in [2.45, 2.75) is 19.5 Å². The average molecular weight is 405 g/mol. The molecule has 1 aliphatic heterocycles. The summed E-state index contributed by atoms with van der Waals surface area (Å²) in [5.41, 5.74) is 18.3. The SMILES string of the molecule is CC1(C)N=C(N)N=C(N)N1c1ccc(OCCOc2ccc(N)cc2)cc1.Cl. The fourth-order valence-corrected chi connectivity index (χ4v) is 2.83. The van der Waals surface area contributed by atoms with Crippen LogP contribution in [0.3, 0.4) is 0 Å². The van der Waals surface area contributed by atoms with Crippen molar-refractivity contribution in [3.63, 3.8) is 0 Å². The number of ether oxygens (including phenoxy) is 2. The van der Waals surface area contributed by atoms with E-state index in [4.69, 9.17) is 26.7 Å². The van der Waals surface area contributed by atoms with Crippen LogP contribution in [0.1, 0.15) is 13.8 Å². The standard InChI is InChI=1S/C19H24N6O2.ClH/c1-19(2)24-17(21)23-18(22)25(19)14-5-9-16(10-6-14)27-12-11-26-15-7-3-13(20)4-8-15;/h3-10H,11-12,20H2,1-2H3,(H4,21,22,23,24);1H. The molecule has 0 saturated carbocycles. The van der Waals surface area contributed by atoms with Gasteiger partial charge in [-0.25, -0.2) is 4.99 Å². The Morgan fingerprint density at radius 1 is 0.857 bits per heavy atom. The topological polar surface area (TPSA) is 124 Å². The maximum absolute atomic E-state index is 6.04. The van der Waals surface area contributed by atoms with Crippen LogP contribution in [-0.4, -0.2) is 30.8 Å². The molecule has 0 fully saturated rings. The molecule has 1 heterocycles. The van der Waals surface area contributed by atoms with Gasteiger partial charge in [-0.2, -0.15) is 4.99 Å². The molecule has 0 saturated heterocycles. The van der Waals surface area contributed by atoms with Crippen molar-refractivity contribution in [3.05, 3.63) is 48.5 Å². The molecule has 0 bridgehead atoms. The minimum Gasteiger partial charge on any atom is -0.490 e. The Labute approximate surface area is 170 Å². The summed E-state index contributed by atoms with van der Waals surface area (Å²) in [6.07, 6.45) is 0. The lowest BCUT2D eigenvalue weighted by molar-refractivity contribution is 0.217. The number of hydrogen-bond acceptors (Lipinski definition) is 8. The number of guanidine groups is 2. The summed E-state index contributed by atoms with van der Waals surface area (Å²) in [5, 5.41) is 0. The van der Waals surface area contributed by atoms with Crippen molar-refractivity contribution in [2.75, 3.05) is 23.8 Å². The summed E-state index contributed by atoms with van der Waals surface area (Å²) in [4.78, 5) is 10.2. The largest absolute Gasteiger partial charge is 0.490 e. The molecule has 0 atom stereocenters. The van der Waals surface area contributed by atoms with Crippen molar-refractivity contribution < 1.29 is 9.47 Å². The van der Waals surface area contributed by atoms with E-state index in [1.807, 2.05) is 55.1 Å². The lowest BCUT2D eigenvalue weighted by Gasteiger charge is -2.38. The Balaban J connectivity index is 0.00000280. The number of nitrogen functional groups attached to an aromatic ring is 1. The van der Waals surface area contributed by atoms with Crippen LogP contribution in [0.15, 0.2) is 58.5 Å². The predicted octanol–water partition coefficient (Wildman–Crippen LogP) is 2.33. The van der Waals surface area contributed by atoms with E-state index in [1.54, 1.807) is 12.1 Å². The second-order valence-electron chi connectivity index (χ2n) is 6.53. The van der Waals surface area contributed by atoms with Gasteiger partial charge in [0.1, 0.15) is 30.4 Å². The zero-order valence-corrected chi connectivity index (χ0v) is 16.6. The van der Waals surface area contributed by atoms with E-state index in [9.17, 15) is 0 Å². The average Bonchev–Trinajstić information content (AvgIpc) is 2.60. The first-order chi connectivity index (χ1) is 12.8. The number of aliphatic imine (C=N–C) groups is 2. The number of hydrogen-bond donors (Lipinski definition) is 3. The smallest absolute Gasteiger partial charge is 0.220 e. The summed E-state index contributed by atoms with van der Waals surface area (Å²) in [7, 11) is 0. The molecule has 1 aliphatic rings. The summed E-state index contributed by atoms with van der Waals surface area (Å²) >= 11 is 0. The molecule has 150 valence electrons. The van der Waals surface area contributed by atoms with Crippen molar-refractivity contribution in [2.24, 2.45) is 21.5 Å². The molecule has 0 aromatic heterocycles. The molecular weight excluding hydrogens is 380 g/mol. The molecule has 0 amide bonds. The fourth-order valence-electron chi connectivity index (χ4n) is 2.83. The number of rotatable bonds is 6. The van der Waals surface area contributed by atoms with E-state index >= 15 is 0 Å². The van der Waals surface area contributed by atoms with Gasteiger partial charge in [-0.05, 0) is 62.4 Å². The monoisotopic (exact) mass is 404 g/mol. The number of nitrogens with zero attached hydrogens (tertiary/aromatic N) is 3. The van der Waals surface area contributed by atoms with Gasteiger partial charge in [-0.3, -0.25) is 4.90 Å². The molecule has 3 rings (SSSR count). The second-order valence-corrected chi connectivity index (χ2v) is 6.53. The molecule has 0 unspecified atom stereocenters. The van der Waals surface area contributed by atoms with Gasteiger partial charge < -0.3 is 26.7 Å². The molecule has 0 radical (unpaired) electrons. The Morgan fingerprint density at radius 3 is 1.86 bits per heavy atom. The van der Waals surface area contributed by atoms with Crippen molar-refractivity contribution in [3.8, 4) is 11.5 Å². The fraction of sp³-hybridized carbons (Fsp3) is 0.263. The van der Waals surface area contributed by atoms with Crippen LogP contribution in [0.25, 0.3) is 0 Å². The van der Waals surface area contributed by atoms with Gasteiger partial charge in [-0.15, -0.1) is 12.4 Å². The minimum atomic E-state index is -0.620. The summed E-state index contributed by atoms with van der Waals surface area (Å²) in [6.45, 7) is 4.68. The second kappa shape index (κ2) is 8.71. The Bertz CT molecular complexity index is 850. The molecule has 2 aromatic carbocycles. The van der Waals surface area contributed by atoms with Crippen LogP contribution < -0.4 is 31.6 Å². The highest BCUT2D eigenvalue weighted by Gasteiger charge is 2.32. The third kappa shape index (κ3) is 4.98. The van der Waals surface area contributed by atoms with Crippen molar-refractivity contribution in [1.82, 2.24) is 0 Å². The summed E-state index contributed by atoms with van der Waals surface area (Å²) < 4.78 is 11.3. The first-order valence-corrected chi connectivity index (χ1v) is 8.56. The highest BCUT2D eigenvalue weighted by molar-refractivity contribution is 6.05. The van der Waals surface area contributed by atoms with Gasteiger partial charge >= 0.3 is 0 Å². The maximum atomic E-state index is 6.04. The lowest BCUT2D eigenvalue weighted by atomic mass is 10.1. The number of halogens is 1. The quantitative estimate of drug-likeness (QED) is 0.501. The first kappa shape index (κ1) is 21.2. The van der Waals surface area contributed by atoms with Crippen LogP contribution in [0.4, 0.5) is 11.4 Å². The van der Waals surface area contributed by atoms with Crippen molar-refractivity contribution in [1.29, 1.82) is 0 Å². The van der Waals surface area contributed by atoms with Gasteiger partial charge in [0, 0.05) is 11.4 Å². The summed E-state index contributed by atoms with van der Waals surface area (Å²) in [6, 6.07) is 14.8. The molecule has 2 aromatic rings. The first-order valence-electron chi connectivity index (χ1n) is 8.56. The Morgan fingerprint density at radius 2 is 1.36 bits per heavy atom. The molecular formula is C19H25ClN6O2. The third-order valence-electron chi connectivity index (χ3n) is 3.99. The molecule has 0 aliphatic carbocycles. The van der Waals surface area contributed by atoms with E-state index < -0.39 is 5.66 Å². The predicted molar refractivity (Wildman–Crippen MR) is 115 cm³/mol. The lowest BCUT2D eigenvalue weighted by Crippen LogP contribution is -2.54. The highest BCUT2D eigenvalue weighted by Crippen LogP contribution is 2.28. The molecule has 6 N–H and O–H groups in total. The number of anilines is 2. The van der Waals surface area contributed by atoms with Gasteiger partial charge in [-0.1, -0.05) is 0 Å². The van der Waals surface area contributed by atoms with Crippen LogP contribution in [-0.2, 0) is 0 Å². The van der Waals surface area contributed by atoms with Crippen LogP contribution in [0.2, 0.25) is 0 Å². The Kier molecular flexibility index (Phi) is 6.58. The van der Waals surface area contributed by atoms with Gasteiger partial charge in [0.05, 0.1) is 0 Å². The van der Waals surface area contributed by atoms with Gasteiger partial charge in [0.15, 0.2) is 0 Å². The van der Waals surface area contributed by atoms with Crippen LogP contribution in [0, 0.1) is 0 Å². The van der Waals surface area contributed by atoms with Crippen molar-refractivity contribution >= 4 is 35.7 Å². The van der Waals surface area contributed by atoms with E-state index in [1.165, 1.54) is 0 Å². The highest BCUT2D eigenvalue weighted by atomic mass is 35.5. The minimum absolute atomic E-state index is 0. The zero-order chi connectivity index (χ0) is 19.4.